The standard InChI is InChI=1S/C22H22N6O3/c1-4-27-19-11-10-16(12-18(19)24-26-27)22(30)31-13-20(29)23-21-14(2)25-28(15(21)3)17-8-6-5-7-9-17/h5-12H,4,13H2,1-3H3,(H,23,29). The summed E-state index contributed by atoms with van der Waals surface area (Å²) in [6, 6.07) is 14.6. The minimum absolute atomic E-state index is 0.313. The predicted octanol–water partition coefficient (Wildman–Crippen LogP) is 3.05. The number of nitrogens with zero attached hydrogens (tertiary/aromatic N) is 5. The molecule has 4 rings (SSSR count). The van der Waals surface area contributed by atoms with Gasteiger partial charge in [-0.2, -0.15) is 5.10 Å². The highest BCUT2D eigenvalue weighted by atomic mass is 16.5. The highest BCUT2D eigenvalue weighted by Crippen LogP contribution is 2.22. The first kappa shape index (κ1) is 20.3. The third kappa shape index (κ3) is 4.02. The van der Waals surface area contributed by atoms with Crippen LogP contribution in [-0.2, 0) is 16.1 Å². The molecule has 0 spiro atoms. The van der Waals surface area contributed by atoms with Crippen molar-refractivity contribution in [3.8, 4) is 5.69 Å². The normalized spacial score (nSPS) is 10.9. The molecule has 1 N–H and O–H groups in total. The molecule has 0 bridgehead atoms. The van der Waals surface area contributed by atoms with Gasteiger partial charge in [0.2, 0.25) is 0 Å². The van der Waals surface area contributed by atoms with E-state index in [1.54, 1.807) is 27.6 Å². The molecule has 31 heavy (non-hydrogen) atoms. The Morgan fingerprint density at radius 2 is 1.87 bits per heavy atom. The number of ether oxygens (including phenoxy) is 1. The van der Waals surface area contributed by atoms with Gasteiger partial charge in [0.1, 0.15) is 5.52 Å². The van der Waals surface area contributed by atoms with Crippen molar-refractivity contribution in [2.45, 2.75) is 27.3 Å². The number of benzene rings is 2. The second kappa shape index (κ2) is 8.39. The number of aromatic nitrogens is 5. The number of hydrogen-bond donors (Lipinski definition) is 1. The Kier molecular flexibility index (Phi) is 5.48. The number of hydrogen-bond acceptors (Lipinski definition) is 6. The summed E-state index contributed by atoms with van der Waals surface area (Å²) in [7, 11) is 0. The Morgan fingerprint density at radius 1 is 1.10 bits per heavy atom. The van der Waals surface area contributed by atoms with Crippen molar-refractivity contribution in [1.29, 1.82) is 0 Å². The first-order valence-corrected chi connectivity index (χ1v) is 9.89. The average Bonchev–Trinajstić information content (AvgIpc) is 3.33. The van der Waals surface area contributed by atoms with Crippen LogP contribution in [0.15, 0.2) is 48.5 Å². The number of carbonyl (C=O) groups excluding carboxylic acids is 2. The molecule has 0 radical (unpaired) electrons. The van der Waals surface area contributed by atoms with Crippen molar-refractivity contribution in [2.75, 3.05) is 11.9 Å². The Morgan fingerprint density at radius 3 is 2.61 bits per heavy atom. The molecule has 4 aromatic rings. The molecular weight excluding hydrogens is 396 g/mol. The molecule has 1 amide bonds. The van der Waals surface area contributed by atoms with Gasteiger partial charge in [0.15, 0.2) is 6.61 Å². The lowest BCUT2D eigenvalue weighted by molar-refractivity contribution is -0.119. The van der Waals surface area contributed by atoms with Crippen molar-refractivity contribution in [2.24, 2.45) is 0 Å². The van der Waals surface area contributed by atoms with Gasteiger partial charge in [0, 0.05) is 6.54 Å². The van der Waals surface area contributed by atoms with Gasteiger partial charge in [-0.25, -0.2) is 14.2 Å². The van der Waals surface area contributed by atoms with Crippen LogP contribution < -0.4 is 5.32 Å². The summed E-state index contributed by atoms with van der Waals surface area (Å²) in [5.74, 6) is -1.04. The van der Waals surface area contributed by atoms with E-state index in [4.69, 9.17) is 4.74 Å². The lowest BCUT2D eigenvalue weighted by Gasteiger charge is -2.08. The van der Waals surface area contributed by atoms with E-state index >= 15 is 0 Å². The van der Waals surface area contributed by atoms with Gasteiger partial charge in [0.05, 0.1) is 33.8 Å². The summed E-state index contributed by atoms with van der Waals surface area (Å²) in [5, 5.41) is 15.3. The van der Waals surface area contributed by atoms with Crippen LogP contribution in [0.3, 0.4) is 0 Å². The van der Waals surface area contributed by atoms with Crippen LogP contribution in [0.4, 0.5) is 5.69 Å². The molecule has 0 unspecified atom stereocenters. The van der Waals surface area contributed by atoms with Crippen molar-refractivity contribution in [3.05, 3.63) is 65.5 Å². The fourth-order valence-electron chi connectivity index (χ4n) is 3.37. The van der Waals surface area contributed by atoms with E-state index in [-0.39, 0.29) is 0 Å². The molecule has 9 heteroatoms. The van der Waals surface area contributed by atoms with E-state index in [1.807, 2.05) is 51.1 Å². The van der Waals surface area contributed by atoms with E-state index in [9.17, 15) is 9.59 Å². The van der Waals surface area contributed by atoms with Crippen molar-refractivity contribution >= 4 is 28.6 Å². The first-order chi connectivity index (χ1) is 15.0. The molecule has 2 heterocycles. The van der Waals surface area contributed by atoms with Gasteiger partial charge in [-0.15, -0.1) is 5.10 Å². The van der Waals surface area contributed by atoms with Crippen LogP contribution in [-0.4, -0.2) is 43.3 Å². The lowest BCUT2D eigenvalue weighted by atomic mass is 10.2. The third-order valence-electron chi connectivity index (χ3n) is 4.94. The quantitative estimate of drug-likeness (QED) is 0.483. The molecule has 0 fully saturated rings. The molecule has 0 aliphatic heterocycles. The maximum absolute atomic E-state index is 12.4. The topological polar surface area (TPSA) is 104 Å². The van der Waals surface area contributed by atoms with Gasteiger partial charge in [0.25, 0.3) is 5.91 Å². The van der Waals surface area contributed by atoms with Crippen LogP contribution in [0.2, 0.25) is 0 Å². The van der Waals surface area contributed by atoms with E-state index in [0.717, 1.165) is 16.9 Å². The number of esters is 1. The number of aryl methyl sites for hydroxylation is 2. The van der Waals surface area contributed by atoms with Gasteiger partial charge in [-0.1, -0.05) is 23.4 Å². The molecule has 9 nitrogen and oxygen atoms in total. The fourth-order valence-corrected chi connectivity index (χ4v) is 3.37. The van der Waals surface area contributed by atoms with Crippen LogP contribution in [0.1, 0.15) is 28.7 Å². The number of nitrogens with one attached hydrogen (secondary N) is 1. The Balaban J connectivity index is 1.42. The van der Waals surface area contributed by atoms with Crippen molar-refractivity contribution in [1.82, 2.24) is 24.8 Å². The zero-order chi connectivity index (χ0) is 22.0. The molecule has 0 atom stereocenters. The van der Waals surface area contributed by atoms with Gasteiger partial charge in [-0.05, 0) is 51.1 Å². The summed E-state index contributed by atoms with van der Waals surface area (Å²) in [6.45, 7) is 5.91. The number of amides is 1. The molecule has 2 aromatic heterocycles. The molecule has 0 saturated carbocycles. The van der Waals surface area contributed by atoms with Gasteiger partial charge in [-0.3, -0.25) is 4.79 Å². The second-order valence-electron chi connectivity index (χ2n) is 7.03. The first-order valence-electron chi connectivity index (χ1n) is 9.89. The van der Waals surface area contributed by atoms with Crippen LogP contribution in [0.5, 0.6) is 0 Å². The third-order valence-corrected chi connectivity index (χ3v) is 4.94. The van der Waals surface area contributed by atoms with Crippen molar-refractivity contribution < 1.29 is 14.3 Å². The molecule has 0 aliphatic rings. The fraction of sp³-hybridized carbons (Fsp3) is 0.227. The van der Waals surface area contributed by atoms with E-state index in [1.165, 1.54) is 0 Å². The van der Waals surface area contributed by atoms with Crippen LogP contribution >= 0.6 is 0 Å². The largest absolute Gasteiger partial charge is 0.452 e. The number of anilines is 1. The lowest BCUT2D eigenvalue weighted by Crippen LogP contribution is -2.21. The highest BCUT2D eigenvalue weighted by molar-refractivity contribution is 5.97. The van der Waals surface area contributed by atoms with E-state index in [2.05, 4.69) is 20.7 Å². The molecule has 0 aliphatic carbocycles. The molecule has 158 valence electrons. The zero-order valence-electron chi connectivity index (χ0n) is 17.5. The van der Waals surface area contributed by atoms with Gasteiger partial charge < -0.3 is 10.1 Å². The monoisotopic (exact) mass is 418 g/mol. The minimum Gasteiger partial charge on any atom is -0.452 e. The SMILES string of the molecule is CCn1nnc2cc(C(=O)OCC(=O)Nc3c(C)nn(-c4ccccc4)c3C)ccc21. The van der Waals surface area contributed by atoms with E-state index < -0.39 is 18.5 Å². The summed E-state index contributed by atoms with van der Waals surface area (Å²) >= 11 is 0. The Bertz CT molecular complexity index is 1260. The summed E-state index contributed by atoms with van der Waals surface area (Å²) in [6.07, 6.45) is 0. The molecule has 0 saturated heterocycles. The number of carbonyl (C=O) groups is 2. The van der Waals surface area contributed by atoms with Crippen LogP contribution in [0.25, 0.3) is 16.7 Å². The summed E-state index contributed by atoms with van der Waals surface area (Å²) in [4.78, 5) is 24.8. The maximum atomic E-state index is 12.4. The average molecular weight is 418 g/mol. The maximum Gasteiger partial charge on any atom is 0.338 e. The van der Waals surface area contributed by atoms with E-state index in [0.29, 0.717) is 29.0 Å². The molecular formula is C22H22N6O3. The smallest absolute Gasteiger partial charge is 0.338 e. The Hall–Kier alpha value is -4.01. The van der Waals surface area contributed by atoms with Gasteiger partial charge >= 0.3 is 5.97 Å². The minimum atomic E-state index is -0.600. The second-order valence-corrected chi connectivity index (χ2v) is 7.03. The highest BCUT2D eigenvalue weighted by Gasteiger charge is 2.17. The number of rotatable bonds is 6. The summed E-state index contributed by atoms with van der Waals surface area (Å²) in [5.41, 5.74) is 4.69. The van der Waals surface area contributed by atoms with Crippen LogP contribution in [0, 0.1) is 13.8 Å². The predicted molar refractivity (Wildman–Crippen MR) is 115 cm³/mol. The Labute approximate surface area is 178 Å². The number of fused-ring (bicyclic) bond motifs is 1. The summed E-state index contributed by atoms with van der Waals surface area (Å²) < 4.78 is 8.68. The zero-order valence-corrected chi connectivity index (χ0v) is 17.5. The number of para-hydroxylation sites is 1. The van der Waals surface area contributed by atoms with Crippen molar-refractivity contribution in [3.63, 3.8) is 0 Å². The molecule has 2 aromatic carbocycles.